The fourth-order valence-electron chi connectivity index (χ4n) is 1.68. The molecular formula is C14H11ClN2O4. The lowest BCUT2D eigenvalue weighted by Gasteiger charge is -2.02. The van der Waals surface area contributed by atoms with Gasteiger partial charge in [0.1, 0.15) is 5.75 Å². The molecule has 0 aliphatic heterocycles. The number of hydrogen-bond acceptors (Lipinski definition) is 5. The highest BCUT2D eigenvalue weighted by Gasteiger charge is 2.17. The lowest BCUT2D eigenvalue weighted by Crippen LogP contribution is -1.92. The molecular weight excluding hydrogens is 296 g/mol. The summed E-state index contributed by atoms with van der Waals surface area (Å²) < 4.78 is 5.07. The van der Waals surface area contributed by atoms with E-state index >= 15 is 0 Å². The third kappa shape index (κ3) is 3.49. The maximum Gasteiger partial charge on any atom is 0.312 e. The summed E-state index contributed by atoms with van der Waals surface area (Å²) in [5, 5.41) is 20.8. The Bertz CT molecular complexity index is 716. The smallest absolute Gasteiger partial charge is 0.312 e. The van der Waals surface area contributed by atoms with Crippen molar-refractivity contribution in [1.82, 2.24) is 0 Å². The number of ether oxygens (including phenoxy) is 1. The lowest BCUT2D eigenvalue weighted by atomic mass is 10.2. The van der Waals surface area contributed by atoms with Gasteiger partial charge in [0.05, 0.1) is 17.7 Å². The van der Waals surface area contributed by atoms with E-state index in [2.05, 4.69) is 4.99 Å². The number of nitrogens with zero attached hydrogens (tertiary/aromatic N) is 2. The second-order valence-electron chi connectivity index (χ2n) is 4.08. The van der Waals surface area contributed by atoms with Crippen LogP contribution < -0.4 is 4.74 Å². The zero-order valence-electron chi connectivity index (χ0n) is 11.0. The molecule has 0 spiro atoms. The molecule has 2 aromatic rings. The van der Waals surface area contributed by atoms with Crippen molar-refractivity contribution in [2.24, 2.45) is 4.99 Å². The van der Waals surface area contributed by atoms with E-state index in [1.54, 1.807) is 24.3 Å². The largest absolute Gasteiger partial charge is 0.502 e. The number of aromatic hydroxyl groups is 1. The van der Waals surface area contributed by atoms with Crippen LogP contribution in [-0.2, 0) is 0 Å². The Morgan fingerprint density at radius 2 is 2.14 bits per heavy atom. The van der Waals surface area contributed by atoms with Crippen LogP contribution in [0.1, 0.15) is 5.56 Å². The molecule has 2 aromatic carbocycles. The predicted octanol–water partition coefficient (Wildman–Crippen LogP) is 3.71. The van der Waals surface area contributed by atoms with E-state index in [-0.39, 0.29) is 10.6 Å². The van der Waals surface area contributed by atoms with E-state index in [0.717, 1.165) is 6.07 Å². The molecule has 0 unspecified atom stereocenters. The average Bonchev–Trinajstić information content (AvgIpc) is 2.47. The normalized spacial score (nSPS) is 10.8. The molecule has 0 amide bonds. The summed E-state index contributed by atoms with van der Waals surface area (Å²) in [6, 6.07) is 9.42. The van der Waals surface area contributed by atoms with Gasteiger partial charge >= 0.3 is 5.69 Å². The number of nitro benzene ring substituents is 1. The number of aliphatic imine (C=N–C) groups is 1. The minimum absolute atomic E-state index is 0.145. The third-order valence-corrected chi connectivity index (χ3v) is 2.90. The summed E-state index contributed by atoms with van der Waals surface area (Å²) in [5.74, 6) is 0.155. The van der Waals surface area contributed by atoms with Crippen LogP contribution in [0, 0.1) is 10.1 Å². The zero-order valence-corrected chi connectivity index (χ0v) is 11.7. The Kier molecular flexibility index (Phi) is 4.39. The lowest BCUT2D eigenvalue weighted by molar-refractivity contribution is -0.385. The Morgan fingerprint density at radius 1 is 1.38 bits per heavy atom. The van der Waals surface area contributed by atoms with Crippen molar-refractivity contribution in [2.45, 2.75) is 0 Å². The van der Waals surface area contributed by atoms with Gasteiger partial charge in [-0.25, -0.2) is 0 Å². The minimum Gasteiger partial charge on any atom is -0.502 e. The molecule has 0 aliphatic carbocycles. The van der Waals surface area contributed by atoms with Crippen LogP contribution in [0.3, 0.4) is 0 Å². The molecule has 2 rings (SSSR count). The van der Waals surface area contributed by atoms with Gasteiger partial charge in [-0.3, -0.25) is 15.1 Å². The van der Waals surface area contributed by atoms with E-state index < -0.39 is 16.4 Å². The number of halogens is 1. The summed E-state index contributed by atoms with van der Waals surface area (Å²) in [5.41, 5.74) is 0.281. The number of benzene rings is 2. The number of phenols is 1. The molecule has 7 heteroatoms. The maximum absolute atomic E-state index is 10.8. The molecule has 0 fully saturated rings. The van der Waals surface area contributed by atoms with Crippen LogP contribution in [0.5, 0.6) is 11.5 Å². The average molecular weight is 307 g/mol. The predicted molar refractivity (Wildman–Crippen MR) is 80.0 cm³/mol. The van der Waals surface area contributed by atoms with E-state index in [1.165, 1.54) is 19.4 Å². The molecule has 108 valence electrons. The van der Waals surface area contributed by atoms with Gasteiger partial charge < -0.3 is 9.84 Å². The molecule has 0 saturated carbocycles. The maximum atomic E-state index is 10.8. The fraction of sp³-hybridized carbons (Fsp3) is 0.0714. The van der Waals surface area contributed by atoms with E-state index in [0.29, 0.717) is 11.4 Å². The molecule has 6 nitrogen and oxygen atoms in total. The van der Waals surface area contributed by atoms with E-state index in [4.69, 9.17) is 16.3 Å². The molecule has 0 atom stereocenters. The van der Waals surface area contributed by atoms with Crippen LogP contribution in [0.4, 0.5) is 11.4 Å². The van der Waals surface area contributed by atoms with Crippen LogP contribution in [-0.4, -0.2) is 23.4 Å². The van der Waals surface area contributed by atoms with E-state index in [9.17, 15) is 15.2 Å². The molecule has 0 radical (unpaired) electrons. The van der Waals surface area contributed by atoms with Gasteiger partial charge in [0.15, 0.2) is 0 Å². The molecule has 0 aliphatic rings. The molecule has 0 saturated heterocycles. The van der Waals surface area contributed by atoms with Crippen LogP contribution in [0.25, 0.3) is 0 Å². The topological polar surface area (TPSA) is 85.0 Å². The Balaban J connectivity index is 2.38. The van der Waals surface area contributed by atoms with Crippen molar-refractivity contribution in [1.29, 1.82) is 0 Å². The molecule has 0 heterocycles. The standard InChI is InChI=1S/C14H11ClN2O4/c1-21-12-4-2-3-11(7-12)16-8-9-5-10(15)6-13(14(9)18)17(19)20/h2-8,18H,1H3. The van der Waals surface area contributed by atoms with Gasteiger partial charge in [-0.15, -0.1) is 0 Å². The first-order valence-corrected chi connectivity index (χ1v) is 6.24. The van der Waals surface area contributed by atoms with Crippen LogP contribution in [0.15, 0.2) is 41.4 Å². The van der Waals surface area contributed by atoms with Crippen molar-refractivity contribution >= 4 is 29.2 Å². The zero-order chi connectivity index (χ0) is 15.4. The third-order valence-electron chi connectivity index (χ3n) is 2.69. The summed E-state index contributed by atoms with van der Waals surface area (Å²) >= 11 is 5.80. The Hall–Kier alpha value is -2.60. The van der Waals surface area contributed by atoms with Crippen LogP contribution in [0.2, 0.25) is 5.02 Å². The van der Waals surface area contributed by atoms with Gasteiger partial charge in [0.25, 0.3) is 0 Å². The Morgan fingerprint density at radius 3 is 2.81 bits per heavy atom. The van der Waals surface area contributed by atoms with Gasteiger partial charge in [-0.1, -0.05) is 17.7 Å². The van der Waals surface area contributed by atoms with E-state index in [1.807, 2.05) is 0 Å². The Labute approximate surface area is 125 Å². The van der Waals surface area contributed by atoms with Gasteiger partial charge in [-0.2, -0.15) is 0 Å². The fourth-order valence-corrected chi connectivity index (χ4v) is 1.90. The first-order chi connectivity index (χ1) is 10.0. The first-order valence-electron chi connectivity index (χ1n) is 5.86. The summed E-state index contributed by atoms with van der Waals surface area (Å²) in [7, 11) is 1.54. The SMILES string of the molecule is COc1cccc(N=Cc2cc(Cl)cc([N+](=O)[O-])c2O)c1. The number of hydrogen-bond donors (Lipinski definition) is 1. The summed E-state index contributed by atoms with van der Waals surface area (Å²) in [4.78, 5) is 14.2. The monoisotopic (exact) mass is 306 g/mol. The second-order valence-corrected chi connectivity index (χ2v) is 4.52. The number of rotatable bonds is 4. The number of phenolic OH excluding ortho intramolecular Hbond substituents is 1. The molecule has 21 heavy (non-hydrogen) atoms. The van der Waals surface area contributed by atoms with Crippen molar-refractivity contribution in [3.05, 3.63) is 57.1 Å². The van der Waals surface area contributed by atoms with Crippen LogP contribution >= 0.6 is 11.6 Å². The van der Waals surface area contributed by atoms with Gasteiger partial charge in [0.2, 0.25) is 5.75 Å². The quantitative estimate of drug-likeness (QED) is 0.530. The van der Waals surface area contributed by atoms with Crippen molar-refractivity contribution < 1.29 is 14.8 Å². The summed E-state index contributed by atoms with van der Waals surface area (Å²) in [6.45, 7) is 0. The highest BCUT2D eigenvalue weighted by molar-refractivity contribution is 6.31. The molecule has 0 aromatic heterocycles. The highest BCUT2D eigenvalue weighted by atomic mass is 35.5. The van der Waals surface area contributed by atoms with Crippen molar-refractivity contribution in [3.8, 4) is 11.5 Å². The van der Waals surface area contributed by atoms with Crippen molar-refractivity contribution in [3.63, 3.8) is 0 Å². The minimum atomic E-state index is -0.704. The van der Waals surface area contributed by atoms with Gasteiger partial charge in [-0.05, 0) is 18.2 Å². The second kappa shape index (κ2) is 6.23. The van der Waals surface area contributed by atoms with Gasteiger partial charge in [0, 0.05) is 28.9 Å². The number of nitro groups is 1. The molecule has 1 N–H and O–H groups in total. The van der Waals surface area contributed by atoms with Crippen molar-refractivity contribution in [2.75, 3.05) is 7.11 Å². The highest BCUT2D eigenvalue weighted by Crippen LogP contribution is 2.32. The number of methoxy groups -OCH3 is 1. The first kappa shape index (κ1) is 14.8. The molecule has 0 bridgehead atoms. The summed E-state index contributed by atoms with van der Waals surface area (Å²) in [6.07, 6.45) is 1.31.